The van der Waals surface area contributed by atoms with Gasteiger partial charge in [-0.05, 0) is 68.4 Å². The maximum absolute atomic E-state index is 13.4. The summed E-state index contributed by atoms with van der Waals surface area (Å²) in [5.74, 6) is 7.40. The topological polar surface area (TPSA) is 80.3 Å². The van der Waals surface area contributed by atoms with Gasteiger partial charge >= 0.3 is 0 Å². The number of hydrogen-bond acceptors (Lipinski definition) is 8. The van der Waals surface area contributed by atoms with Gasteiger partial charge < -0.3 is 25.4 Å². The van der Waals surface area contributed by atoms with E-state index >= 15 is 0 Å². The second kappa shape index (κ2) is 16.1. The third-order valence-electron chi connectivity index (χ3n) is 5.83. The van der Waals surface area contributed by atoms with Crippen molar-refractivity contribution < 1.29 is 13.9 Å². The number of benzene rings is 2. The average Bonchev–Trinajstić information content (AvgIpc) is 3.40. The zero-order chi connectivity index (χ0) is 28.0. The van der Waals surface area contributed by atoms with Gasteiger partial charge in [-0.25, -0.2) is 14.4 Å². The van der Waals surface area contributed by atoms with Crippen LogP contribution in [0, 0.1) is 17.7 Å². The fourth-order valence-electron chi connectivity index (χ4n) is 3.81. The van der Waals surface area contributed by atoms with Gasteiger partial charge in [0, 0.05) is 25.2 Å². The second-order valence-electron chi connectivity index (χ2n) is 8.96. The van der Waals surface area contributed by atoms with Crippen LogP contribution < -0.4 is 20.7 Å². The molecule has 2 aromatic carbocycles. The summed E-state index contributed by atoms with van der Waals surface area (Å²) in [5.41, 5.74) is 2.35. The smallest absolute Gasteiger partial charge is 0.151 e. The van der Waals surface area contributed by atoms with Gasteiger partial charge in [0.15, 0.2) is 5.82 Å². The summed E-state index contributed by atoms with van der Waals surface area (Å²) in [4.78, 5) is 9.74. The quantitative estimate of drug-likeness (QED) is 0.161. The van der Waals surface area contributed by atoms with Crippen LogP contribution in [0.25, 0.3) is 10.2 Å². The lowest BCUT2D eigenvalue weighted by Crippen LogP contribution is -2.30. The zero-order valence-electron chi connectivity index (χ0n) is 22.4. The summed E-state index contributed by atoms with van der Waals surface area (Å²) >= 11 is 7.99. The van der Waals surface area contributed by atoms with E-state index in [1.165, 1.54) is 18.5 Å². The number of anilines is 2. The Balaban J connectivity index is 0.000000546. The Kier molecular flexibility index (Phi) is 12.0. The number of morpholine rings is 1. The highest BCUT2D eigenvalue weighted by atomic mass is 35.5. The lowest BCUT2D eigenvalue weighted by atomic mass is 10.2. The minimum Gasteiger partial charge on any atom is -0.487 e. The third kappa shape index (κ3) is 9.44. The molecule has 3 N–H and O–H groups in total. The molecule has 40 heavy (non-hydrogen) atoms. The largest absolute Gasteiger partial charge is 0.487 e. The number of unbranched alkanes of at least 4 members (excludes halogenated alkanes) is 2. The van der Waals surface area contributed by atoms with Gasteiger partial charge in [-0.15, -0.1) is 11.3 Å². The van der Waals surface area contributed by atoms with Gasteiger partial charge in [0.2, 0.25) is 0 Å². The molecule has 10 heteroatoms. The SMILES string of the molecule is C1COCCN1.CNCCCCC#Cc1cc2ncnc(Nc3ccc(OCc4cccc(F)c4)c(Cl)c3)c2s1. The highest BCUT2D eigenvalue weighted by molar-refractivity contribution is 7.20. The van der Waals surface area contributed by atoms with Crippen LogP contribution >= 0.6 is 22.9 Å². The lowest BCUT2D eigenvalue weighted by molar-refractivity contribution is 0.109. The van der Waals surface area contributed by atoms with E-state index in [-0.39, 0.29) is 12.4 Å². The number of hydrogen-bond donors (Lipinski definition) is 3. The molecule has 0 bridgehead atoms. The summed E-state index contributed by atoms with van der Waals surface area (Å²) in [5, 5.41) is 10.1. The first-order valence-corrected chi connectivity index (χ1v) is 14.4. The van der Waals surface area contributed by atoms with Crippen molar-refractivity contribution in [2.24, 2.45) is 0 Å². The minimum atomic E-state index is -0.296. The van der Waals surface area contributed by atoms with Crippen molar-refractivity contribution >= 4 is 44.7 Å². The number of rotatable bonds is 9. The molecule has 3 heterocycles. The van der Waals surface area contributed by atoms with Crippen molar-refractivity contribution in [3.8, 4) is 17.6 Å². The Labute approximate surface area is 243 Å². The molecule has 0 amide bonds. The standard InChI is InChI=1S/C26H24ClFN4OS.C4H9NO/c1-29-12-5-3-2-4-9-21-15-23-25(34-21)26(31-17-30-23)32-20-10-11-24(22(27)14-20)33-16-18-7-6-8-19(28)13-18;1-3-6-4-2-5-1/h6-8,10-11,13-15,17,29H,2-3,5,12,16H2,1H3,(H,30,31,32);5H,1-4H2. The van der Waals surface area contributed by atoms with Crippen LogP contribution in [-0.4, -0.2) is 49.9 Å². The van der Waals surface area contributed by atoms with Gasteiger partial charge in [-0.3, -0.25) is 0 Å². The van der Waals surface area contributed by atoms with Gasteiger partial charge in [0.1, 0.15) is 24.5 Å². The number of ether oxygens (including phenoxy) is 2. The Morgan fingerprint density at radius 3 is 2.73 bits per heavy atom. The number of nitrogens with one attached hydrogen (secondary N) is 3. The lowest BCUT2D eigenvalue weighted by Gasteiger charge is -2.11. The van der Waals surface area contributed by atoms with Crippen molar-refractivity contribution in [2.45, 2.75) is 25.9 Å². The Bertz CT molecular complexity index is 1420. The molecule has 1 aliphatic heterocycles. The van der Waals surface area contributed by atoms with Gasteiger partial charge in [0.25, 0.3) is 0 Å². The van der Waals surface area contributed by atoms with Crippen molar-refractivity contribution in [1.29, 1.82) is 0 Å². The molecular weight excluding hydrogens is 549 g/mol. The van der Waals surface area contributed by atoms with E-state index in [0.717, 1.165) is 78.5 Å². The molecule has 1 saturated heterocycles. The molecule has 2 aromatic heterocycles. The number of nitrogens with zero attached hydrogens (tertiary/aromatic N) is 2. The first kappa shape index (κ1) is 29.7. The highest BCUT2D eigenvalue weighted by Crippen LogP contribution is 2.33. The molecule has 4 aromatic rings. The van der Waals surface area contributed by atoms with Crippen LogP contribution in [0.3, 0.4) is 0 Å². The number of fused-ring (bicyclic) bond motifs is 1. The Morgan fingerprint density at radius 2 is 2.00 bits per heavy atom. The summed E-state index contributed by atoms with van der Waals surface area (Å²) in [6.07, 6.45) is 4.60. The van der Waals surface area contributed by atoms with E-state index in [9.17, 15) is 4.39 Å². The number of thiophene rings is 1. The molecule has 5 rings (SSSR count). The molecule has 1 fully saturated rings. The average molecular weight is 582 g/mol. The van der Waals surface area contributed by atoms with Crippen LogP contribution in [0.15, 0.2) is 54.9 Å². The van der Waals surface area contributed by atoms with E-state index in [2.05, 4.69) is 37.8 Å². The van der Waals surface area contributed by atoms with Crippen molar-refractivity contribution in [2.75, 3.05) is 45.2 Å². The van der Waals surface area contributed by atoms with Gasteiger partial charge in [-0.1, -0.05) is 35.6 Å². The van der Waals surface area contributed by atoms with Crippen LogP contribution in [0.1, 0.15) is 29.7 Å². The molecule has 1 aliphatic rings. The number of halogens is 2. The molecule has 210 valence electrons. The van der Waals surface area contributed by atoms with Crippen LogP contribution in [0.5, 0.6) is 5.75 Å². The zero-order valence-corrected chi connectivity index (χ0v) is 24.0. The van der Waals surface area contributed by atoms with Gasteiger partial charge in [0.05, 0.1) is 33.3 Å². The minimum absolute atomic E-state index is 0.227. The van der Waals surface area contributed by atoms with Crippen molar-refractivity contribution in [3.63, 3.8) is 0 Å². The van der Waals surface area contributed by atoms with E-state index in [1.807, 2.05) is 19.2 Å². The van der Waals surface area contributed by atoms with Crippen LogP contribution in [0.4, 0.5) is 15.9 Å². The molecule has 0 spiro atoms. The second-order valence-corrected chi connectivity index (χ2v) is 10.4. The molecule has 0 radical (unpaired) electrons. The first-order chi connectivity index (χ1) is 19.6. The van der Waals surface area contributed by atoms with E-state index in [1.54, 1.807) is 35.6 Å². The normalized spacial score (nSPS) is 12.7. The maximum Gasteiger partial charge on any atom is 0.151 e. The summed E-state index contributed by atoms with van der Waals surface area (Å²) < 4.78 is 25.1. The van der Waals surface area contributed by atoms with E-state index in [0.29, 0.717) is 16.6 Å². The maximum atomic E-state index is 13.4. The fourth-order valence-corrected chi connectivity index (χ4v) is 4.97. The van der Waals surface area contributed by atoms with Gasteiger partial charge in [-0.2, -0.15) is 0 Å². The highest BCUT2D eigenvalue weighted by Gasteiger charge is 2.10. The predicted octanol–water partition coefficient (Wildman–Crippen LogP) is 6.15. The first-order valence-electron chi connectivity index (χ1n) is 13.2. The predicted molar refractivity (Wildman–Crippen MR) is 161 cm³/mol. The summed E-state index contributed by atoms with van der Waals surface area (Å²) in [6, 6.07) is 13.7. The molecule has 0 unspecified atom stereocenters. The Hall–Kier alpha value is -3.26. The third-order valence-corrected chi connectivity index (χ3v) is 7.17. The summed E-state index contributed by atoms with van der Waals surface area (Å²) in [7, 11) is 1.96. The van der Waals surface area contributed by atoms with E-state index in [4.69, 9.17) is 21.1 Å². The fraction of sp³-hybridized carbons (Fsp3) is 0.333. The molecule has 0 atom stereocenters. The Morgan fingerprint density at radius 1 is 1.12 bits per heavy atom. The molecular formula is C30H33ClFN5O2S. The monoisotopic (exact) mass is 581 g/mol. The molecule has 0 saturated carbocycles. The molecule has 7 nitrogen and oxygen atoms in total. The van der Waals surface area contributed by atoms with Crippen LogP contribution in [0.2, 0.25) is 5.02 Å². The van der Waals surface area contributed by atoms with Crippen LogP contribution in [-0.2, 0) is 11.3 Å². The number of aromatic nitrogens is 2. The van der Waals surface area contributed by atoms with E-state index < -0.39 is 0 Å². The summed E-state index contributed by atoms with van der Waals surface area (Å²) in [6.45, 7) is 5.07. The van der Waals surface area contributed by atoms with Crippen molar-refractivity contribution in [3.05, 3.63) is 76.1 Å². The molecule has 0 aliphatic carbocycles. The van der Waals surface area contributed by atoms with Crippen molar-refractivity contribution in [1.82, 2.24) is 20.6 Å².